The summed E-state index contributed by atoms with van der Waals surface area (Å²) in [7, 11) is 0. The van der Waals surface area contributed by atoms with E-state index in [-0.39, 0.29) is 5.69 Å². The summed E-state index contributed by atoms with van der Waals surface area (Å²) < 4.78 is 0. The highest BCUT2D eigenvalue weighted by Gasteiger charge is 2.11. The molecule has 0 aliphatic carbocycles. The number of para-hydroxylation sites is 2. The lowest BCUT2D eigenvalue weighted by Gasteiger charge is -2.06. The van der Waals surface area contributed by atoms with Crippen LogP contribution in [-0.2, 0) is 0 Å². The Morgan fingerprint density at radius 2 is 1.78 bits per heavy atom. The molecule has 5 nitrogen and oxygen atoms in total. The van der Waals surface area contributed by atoms with E-state index in [1.807, 2.05) is 6.07 Å². The van der Waals surface area contributed by atoms with Gasteiger partial charge in [-0.1, -0.05) is 12.1 Å². The molecule has 0 amide bonds. The Kier molecular flexibility index (Phi) is 3.21. The van der Waals surface area contributed by atoms with Crippen LogP contribution in [0.2, 0.25) is 0 Å². The van der Waals surface area contributed by atoms with Crippen LogP contribution in [0.3, 0.4) is 0 Å². The van der Waals surface area contributed by atoms with Gasteiger partial charge in [-0.25, -0.2) is 0 Å². The van der Waals surface area contributed by atoms with Crippen molar-refractivity contribution in [3.8, 4) is 6.07 Å². The number of hydrogen-bond acceptors (Lipinski definition) is 4. The average Bonchev–Trinajstić information content (AvgIpc) is 2.40. The average molecular weight is 239 g/mol. The van der Waals surface area contributed by atoms with Crippen LogP contribution in [-0.4, -0.2) is 4.92 Å². The second-order valence-electron chi connectivity index (χ2n) is 3.59. The zero-order valence-corrected chi connectivity index (χ0v) is 9.33. The fourth-order valence-corrected chi connectivity index (χ4v) is 1.52. The van der Waals surface area contributed by atoms with Crippen molar-refractivity contribution >= 4 is 17.1 Å². The second kappa shape index (κ2) is 4.97. The number of nitro groups is 1. The molecule has 2 rings (SSSR count). The first kappa shape index (κ1) is 11.6. The van der Waals surface area contributed by atoms with Crippen molar-refractivity contribution < 1.29 is 4.92 Å². The van der Waals surface area contributed by atoms with Crippen LogP contribution in [0.1, 0.15) is 5.56 Å². The molecular weight excluding hydrogens is 230 g/mol. The molecule has 88 valence electrons. The quantitative estimate of drug-likeness (QED) is 0.658. The van der Waals surface area contributed by atoms with E-state index in [1.54, 1.807) is 42.5 Å². The van der Waals surface area contributed by atoms with Crippen LogP contribution >= 0.6 is 0 Å². The van der Waals surface area contributed by atoms with Gasteiger partial charge < -0.3 is 5.32 Å². The van der Waals surface area contributed by atoms with Gasteiger partial charge in [-0.2, -0.15) is 5.26 Å². The van der Waals surface area contributed by atoms with E-state index >= 15 is 0 Å². The summed E-state index contributed by atoms with van der Waals surface area (Å²) in [6.45, 7) is 0. The fraction of sp³-hybridized carbons (Fsp3) is 0. The topological polar surface area (TPSA) is 79.0 Å². The second-order valence-corrected chi connectivity index (χ2v) is 3.59. The molecule has 0 saturated heterocycles. The summed E-state index contributed by atoms with van der Waals surface area (Å²) in [5, 5.41) is 22.5. The van der Waals surface area contributed by atoms with Crippen molar-refractivity contribution in [2.75, 3.05) is 5.32 Å². The van der Waals surface area contributed by atoms with E-state index in [4.69, 9.17) is 5.26 Å². The Morgan fingerprint density at radius 1 is 1.11 bits per heavy atom. The third-order valence-electron chi connectivity index (χ3n) is 2.39. The van der Waals surface area contributed by atoms with Gasteiger partial charge in [0.25, 0.3) is 5.69 Å². The van der Waals surface area contributed by atoms with Crippen LogP contribution in [0.25, 0.3) is 0 Å². The number of nitro benzene ring substituents is 1. The van der Waals surface area contributed by atoms with Gasteiger partial charge in [0.1, 0.15) is 5.69 Å². The predicted octanol–water partition coefficient (Wildman–Crippen LogP) is 3.21. The van der Waals surface area contributed by atoms with Crippen molar-refractivity contribution in [2.24, 2.45) is 0 Å². The van der Waals surface area contributed by atoms with Gasteiger partial charge in [0.15, 0.2) is 0 Å². The maximum absolute atomic E-state index is 10.8. The predicted molar refractivity (Wildman–Crippen MR) is 67.5 cm³/mol. The Balaban J connectivity index is 2.28. The van der Waals surface area contributed by atoms with Crippen molar-refractivity contribution in [3.05, 3.63) is 64.2 Å². The summed E-state index contributed by atoms with van der Waals surface area (Å²) in [5.74, 6) is 0. The van der Waals surface area contributed by atoms with Crippen molar-refractivity contribution in [1.82, 2.24) is 0 Å². The zero-order valence-electron chi connectivity index (χ0n) is 9.33. The molecule has 2 aromatic rings. The molecule has 0 heterocycles. The van der Waals surface area contributed by atoms with Crippen molar-refractivity contribution in [1.29, 1.82) is 5.26 Å². The van der Waals surface area contributed by atoms with Crippen LogP contribution in [0.4, 0.5) is 17.1 Å². The molecule has 18 heavy (non-hydrogen) atoms. The summed E-state index contributed by atoms with van der Waals surface area (Å²) in [6, 6.07) is 15.1. The Labute approximate surface area is 103 Å². The molecule has 0 atom stereocenters. The lowest BCUT2D eigenvalue weighted by molar-refractivity contribution is -0.383. The first-order valence-corrected chi connectivity index (χ1v) is 5.21. The molecule has 0 bridgehead atoms. The van der Waals surface area contributed by atoms with Gasteiger partial charge in [-0.05, 0) is 30.3 Å². The van der Waals surface area contributed by atoms with Gasteiger partial charge in [-0.15, -0.1) is 0 Å². The number of hydrogen-bond donors (Lipinski definition) is 1. The van der Waals surface area contributed by atoms with Gasteiger partial charge >= 0.3 is 0 Å². The first-order valence-electron chi connectivity index (χ1n) is 5.21. The van der Waals surface area contributed by atoms with Crippen LogP contribution < -0.4 is 5.32 Å². The van der Waals surface area contributed by atoms with E-state index in [0.717, 1.165) is 0 Å². The standard InChI is InChI=1S/C13H9N3O2/c14-9-10-5-7-11(8-6-10)15-12-3-1-2-4-13(12)16(17)18/h1-8,15H. The SMILES string of the molecule is N#Cc1ccc(Nc2ccccc2[N+](=O)[O-])cc1. The molecule has 0 aliphatic heterocycles. The van der Waals surface area contributed by atoms with Crippen molar-refractivity contribution in [2.45, 2.75) is 0 Å². The van der Waals surface area contributed by atoms with Crippen LogP contribution in [0, 0.1) is 21.4 Å². The first-order chi connectivity index (χ1) is 8.70. The van der Waals surface area contributed by atoms with Gasteiger partial charge in [-0.3, -0.25) is 10.1 Å². The molecule has 1 N–H and O–H groups in total. The molecule has 0 aromatic heterocycles. The Bertz CT molecular complexity index is 615. The van der Waals surface area contributed by atoms with Gasteiger partial charge in [0, 0.05) is 11.8 Å². The number of rotatable bonds is 3. The number of nitriles is 1. The van der Waals surface area contributed by atoms with E-state index in [1.165, 1.54) is 6.07 Å². The highest BCUT2D eigenvalue weighted by atomic mass is 16.6. The molecule has 2 aromatic carbocycles. The number of anilines is 2. The number of nitrogens with one attached hydrogen (secondary N) is 1. The van der Waals surface area contributed by atoms with Crippen LogP contribution in [0.5, 0.6) is 0 Å². The molecule has 0 radical (unpaired) electrons. The molecule has 0 fully saturated rings. The smallest absolute Gasteiger partial charge is 0.292 e. The lowest BCUT2D eigenvalue weighted by atomic mass is 10.2. The lowest BCUT2D eigenvalue weighted by Crippen LogP contribution is -1.96. The minimum atomic E-state index is -0.439. The maximum atomic E-state index is 10.8. The monoisotopic (exact) mass is 239 g/mol. The highest BCUT2D eigenvalue weighted by molar-refractivity contribution is 5.69. The highest BCUT2D eigenvalue weighted by Crippen LogP contribution is 2.26. The largest absolute Gasteiger partial charge is 0.350 e. The number of nitrogens with zero attached hydrogens (tertiary/aromatic N) is 2. The number of benzene rings is 2. The maximum Gasteiger partial charge on any atom is 0.292 e. The minimum Gasteiger partial charge on any atom is -0.350 e. The summed E-state index contributed by atoms with van der Waals surface area (Å²) >= 11 is 0. The van der Waals surface area contributed by atoms with E-state index in [0.29, 0.717) is 16.9 Å². The Morgan fingerprint density at radius 3 is 2.39 bits per heavy atom. The molecule has 0 aliphatic rings. The van der Waals surface area contributed by atoms with Gasteiger partial charge in [0.05, 0.1) is 16.6 Å². The summed E-state index contributed by atoms with van der Waals surface area (Å²) in [5.41, 5.74) is 1.68. The van der Waals surface area contributed by atoms with Crippen LogP contribution in [0.15, 0.2) is 48.5 Å². The molecule has 0 saturated carbocycles. The zero-order chi connectivity index (χ0) is 13.0. The minimum absolute atomic E-state index is 0.0156. The molecule has 5 heteroatoms. The van der Waals surface area contributed by atoms with Crippen molar-refractivity contribution in [3.63, 3.8) is 0 Å². The third-order valence-corrected chi connectivity index (χ3v) is 2.39. The fourth-order valence-electron chi connectivity index (χ4n) is 1.52. The summed E-state index contributed by atoms with van der Waals surface area (Å²) in [6.07, 6.45) is 0. The van der Waals surface area contributed by atoms with E-state index in [2.05, 4.69) is 5.32 Å². The molecular formula is C13H9N3O2. The summed E-state index contributed by atoms with van der Waals surface area (Å²) in [4.78, 5) is 10.4. The van der Waals surface area contributed by atoms with Gasteiger partial charge in [0.2, 0.25) is 0 Å². The van der Waals surface area contributed by atoms with E-state index < -0.39 is 4.92 Å². The van der Waals surface area contributed by atoms with E-state index in [9.17, 15) is 10.1 Å². The molecule has 0 spiro atoms. The molecule has 0 unspecified atom stereocenters. The normalized spacial score (nSPS) is 9.50. The Hall–Kier alpha value is -2.87. The third kappa shape index (κ3) is 2.44.